The number of nitrogens with one attached hydrogen (secondary N) is 3. The van der Waals surface area contributed by atoms with Gasteiger partial charge in [-0.15, -0.1) is 0 Å². The smallest absolute Gasteiger partial charge is 0.227 e. The molecule has 3 rings (SSSR count). The maximum atomic E-state index is 12.1. The van der Waals surface area contributed by atoms with Crippen LogP contribution in [0.3, 0.4) is 0 Å². The van der Waals surface area contributed by atoms with Crippen LogP contribution in [0, 0.1) is 6.92 Å². The molecule has 1 saturated heterocycles. The number of rotatable bonds is 8. The first kappa shape index (κ1) is 22.3. The Morgan fingerprint density at radius 2 is 1.97 bits per heavy atom. The van der Waals surface area contributed by atoms with Crippen LogP contribution in [-0.2, 0) is 16.1 Å². The maximum Gasteiger partial charge on any atom is 0.227 e. The number of aryl methyl sites for hydroxylation is 1. The lowest BCUT2D eigenvalue weighted by Crippen LogP contribution is -2.38. The van der Waals surface area contributed by atoms with Gasteiger partial charge in [-0.2, -0.15) is 0 Å². The van der Waals surface area contributed by atoms with Gasteiger partial charge in [0, 0.05) is 44.4 Å². The lowest BCUT2D eigenvalue weighted by atomic mass is 10.2. The molecule has 0 unspecified atom stereocenters. The largest absolute Gasteiger partial charge is 0.357 e. The lowest BCUT2D eigenvalue weighted by molar-refractivity contribution is -0.117. The normalized spacial score (nSPS) is 13.9. The molecule has 2 amide bonds. The third-order valence-corrected chi connectivity index (χ3v) is 4.91. The topological polar surface area (TPSA) is 98.7 Å². The molecule has 1 aromatic heterocycles. The van der Waals surface area contributed by atoms with E-state index in [1.54, 1.807) is 12.3 Å². The second-order valence-electron chi connectivity index (χ2n) is 7.46. The van der Waals surface area contributed by atoms with Crippen LogP contribution in [0.15, 0.2) is 47.6 Å². The van der Waals surface area contributed by atoms with Crippen molar-refractivity contribution in [3.63, 3.8) is 0 Å². The van der Waals surface area contributed by atoms with Crippen LogP contribution in [0.5, 0.6) is 0 Å². The fraction of sp³-hybridized carbons (Fsp3) is 0.391. The summed E-state index contributed by atoms with van der Waals surface area (Å²) in [4.78, 5) is 34.6. The van der Waals surface area contributed by atoms with E-state index in [4.69, 9.17) is 0 Å². The highest BCUT2D eigenvalue weighted by atomic mass is 16.2. The molecule has 0 radical (unpaired) electrons. The van der Waals surface area contributed by atoms with E-state index in [1.165, 1.54) is 0 Å². The second-order valence-corrected chi connectivity index (χ2v) is 7.46. The summed E-state index contributed by atoms with van der Waals surface area (Å²) in [5.74, 6) is 1.29. The number of amides is 2. The Bertz CT molecular complexity index is 909. The zero-order valence-electron chi connectivity index (χ0n) is 18.1. The minimum atomic E-state index is -0.105. The zero-order valence-corrected chi connectivity index (χ0v) is 18.1. The van der Waals surface area contributed by atoms with Gasteiger partial charge in [0.2, 0.25) is 11.8 Å². The third-order valence-electron chi connectivity index (χ3n) is 4.91. The summed E-state index contributed by atoms with van der Waals surface area (Å²) in [5, 5.41) is 9.16. The number of nitrogens with zero attached hydrogens (tertiary/aromatic N) is 3. The standard InChI is InChI=1S/C23H30N6O2/c1-3-24-23(25-13-12-21(30)28-20-11-6-17(2)15-26-20)27-16-18-7-9-19(10-8-18)29-14-4-5-22(29)31/h6-11,15H,3-5,12-14,16H2,1-2H3,(H2,24,25,27)(H,26,28,30). The predicted octanol–water partition coefficient (Wildman–Crippen LogP) is 2.60. The summed E-state index contributed by atoms with van der Waals surface area (Å²) < 4.78 is 0. The molecule has 0 bridgehead atoms. The van der Waals surface area contributed by atoms with Crippen molar-refractivity contribution in [1.82, 2.24) is 15.6 Å². The van der Waals surface area contributed by atoms with E-state index in [0.29, 0.717) is 37.7 Å². The molecule has 0 atom stereocenters. The van der Waals surface area contributed by atoms with Crippen molar-refractivity contribution in [1.29, 1.82) is 0 Å². The van der Waals surface area contributed by atoms with E-state index in [0.717, 1.165) is 36.3 Å². The SMILES string of the molecule is CCNC(=NCc1ccc(N2CCCC2=O)cc1)NCCC(=O)Nc1ccc(C)cn1. The predicted molar refractivity (Wildman–Crippen MR) is 123 cm³/mol. The molecule has 31 heavy (non-hydrogen) atoms. The molecule has 1 aromatic carbocycles. The van der Waals surface area contributed by atoms with Crippen molar-refractivity contribution in [3.05, 3.63) is 53.7 Å². The van der Waals surface area contributed by atoms with Gasteiger partial charge in [0.1, 0.15) is 5.82 Å². The molecule has 2 aromatic rings. The summed E-state index contributed by atoms with van der Waals surface area (Å²) in [6.45, 7) is 6.42. The molecule has 8 nitrogen and oxygen atoms in total. The molecule has 0 saturated carbocycles. The van der Waals surface area contributed by atoms with Gasteiger partial charge < -0.3 is 20.9 Å². The van der Waals surface area contributed by atoms with Crippen molar-refractivity contribution in [2.45, 2.75) is 39.7 Å². The molecule has 2 heterocycles. The molecular weight excluding hydrogens is 392 g/mol. The molecular formula is C23H30N6O2. The number of hydrogen-bond donors (Lipinski definition) is 3. The van der Waals surface area contributed by atoms with Gasteiger partial charge in [-0.3, -0.25) is 9.59 Å². The van der Waals surface area contributed by atoms with E-state index in [1.807, 2.05) is 49.1 Å². The number of anilines is 2. The molecule has 164 valence electrons. The molecule has 1 aliphatic rings. The summed E-state index contributed by atoms with van der Waals surface area (Å²) in [7, 11) is 0. The highest BCUT2D eigenvalue weighted by Gasteiger charge is 2.21. The average molecular weight is 423 g/mol. The first-order valence-electron chi connectivity index (χ1n) is 10.7. The molecule has 3 N–H and O–H groups in total. The zero-order chi connectivity index (χ0) is 22.1. The fourth-order valence-corrected chi connectivity index (χ4v) is 3.26. The summed E-state index contributed by atoms with van der Waals surface area (Å²) in [5.41, 5.74) is 3.04. The number of carbonyl (C=O) groups is 2. The number of guanidine groups is 1. The van der Waals surface area contributed by atoms with Crippen molar-refractivity contribution in [2.75, 3.05) is 29.9 Å². The Balaban J connectivity index is 1.47. The minimum Gasteiger partial charge on any atom is -0.357 e. The Labute approximate surface area is 183 Å². The fourth-order valence-electron chi connectivity index (χ4n) is 3.26. The van der Waals surface area contributed by atoms with Crippen LogP contribution in [0.2, 0.25) is 0 Å². The van der Waals surface area contributed by atoms with Crippen LogP contribution in [0.25, 0.3) is 0 Å². The van der Waals surface area contributed by atoms with E-state index in [9.17, 15) is 9.59 Å². The highest BCUT2D eigenvalue weighted by Crippen LogP contribution is 2.21. The average Bonchev–Trinajstić information content (AvgIpc) is 3.20. The second kappa shape index (κ2) is 11.1. The van der Waals surface area contributed by atoms with Crippen molar-refractivity contribution in [3.8, 4) is 0 Å². The quantitative estimate of drug-likeness (QED) is 0.449. The molecule has 8 heteroatoms. The Hall–Kier alpha value is -3.42. The summed E-state index contributed by atoms with van der Waals surface area (Å²) in [6.07, 6.45) is 3.57. The van der Waals surface area contributed by atoms with Crippen LogP contribution >= 0.6 is 0 Å². The molecule has 0 aliphatic carbocycles. The van der Waals surface area contributed by atoms with E-state index < -0.39 is 0 Å². The Morgan fingerprint density at radius 3 is 2.61 bits per heavy atom. The first-order chi connectivity index (χ1) is 15.0. The van der Waals surface area contributed by atoms with Gasteiger partial charge in [-0.25, -0.2) is 9.98 Å². The van der Waals surface area contributed by atoms with Gasteiger partial charge in [-0.05, 0) is 49.6 Å². The highest BCUT2D eigenvalue weighted by molar-refractivity contribution is 5.95. The number of carbonyl (C=O) groups excluding carboxylic acids is 2. The number of hydrogen-bond acceptors (Lipinski definition) is 4. The molecule has 0 spiro atoms. The van der Waals surface area contributed by atoms with Gasteiger partial charge in [0.25, 0.3) is 0 Å². The van der Waals surface area contributed by atoms with Gasteiger partial charge in [-0.1, -0.05) is 18.2 Å². The van der Waals surface area contributed by atoms with E-state index >= 15 is 0 Å². The van der Waals surface area contributed by atoms with Crippen molar-refractivity contribution >= 4 is 29.3 Å². The van der Waals surface area contributed by atoms with Crippen LogP contribution in [0.1, 0.15) is 37.3 Å². The van der Waals surface area contributed by atoms with Gasteiger partial charge >= 0.3 is 0 Å². The van der Waals surface area contributed by atoms with Crippen molar-refractivity contribution in [2.24, 2.45) is 4.99 Å². The van der Waals surface area contributed by atoms with Crippen LogP contribution < -0.4 is 20.9 Å². The maximum absolute atomic E-state index is 12.1. The summed E-state index contributed by atoms with van der Waals surface area (Å²) in [6, 6.07) is 11.6. The van der Waals surface area contributed by atoms with Crippen LogP contribution in [0.4, 0.5) is 11.5 Å². The minimum absolute atomic E-state index is 0.105. The number of pyridine rings is 1. The van der Waals surface area contributed by atoms with Crippen molar-refractivity contribution < 1.29 is 9.59 Å². The number of benzene rings is 1. The Kier molecular flexibility index (Phi) is 7.98. The number of aromatic nitrogens is 1. The molecule has 1 fully saturated rings. The lowest BCUT2D eigenvalue weighted by Gasteiger charge is -2.16. The number of aliphatic imine (C=N–C) groups is 1. The molecule has 1 aliphatic heterocycles. The van der Waals surface area contributed by atoms with Gasteiger partial charge in [0.15, 0.2) is 5.96 Å². The van der Waals surface area contributed by atoms with E-state index in [2.05, 4.69) is 25.9 Å². The Morgan fingerprint density at radius 1 is 1.16 bits per heavy atom. The van der Waals surface area contributed by atoms with Crippen LogP contribution in [-0.4, -0.2) is 42.4 Å². The third kappa shape index (κ3) is 6.80. The van der Waals surface area contributed by atoms with Gasteiger partial charge in [0.05, 0.1) is 6.54 Å². The van der Waals surface area contributed by atoms with E-state index in [-0.39, 0.29) is 11.8 Å². The first-order valence-corrected chi connectivity index (χ1v) is 10.7. The monoisotopic (exact) mass is 422 g/mol. The summed E-state index contributed by atoms with van der Waals surface area (Å²) >= 11 is 0.